The third-order valence-electron chi connectivity index (χ3n) is 3.50. The number of nitrogens with two attached hydrogens (primary N) is 1. The van der Waals surface area contributed by atoms with Gasteiger partial charge in [-0.25, -0.2) is 8.60 Å². The number of benzene rings is 1. The molecule has 0 aliphatic heterocycles. The fourth-order valence-electron chi connectivity index (χ4n) is 2.44. The number of rotatable bonds is 6. The third kappa shape index (κ3) is 3.65. The minimum atomic E-state index is -1.58. The summed E-state index contributed by atoms with van der Waals surface area (Å²) in [5.41, 5.74) is -0.467. The zero-order valence-corrected chi connectivity index (χ0v) is 13.4. The highest BCUT2D eigenvalue weighted by Crippen LogP contribution is 2.39. The van der Waals surface area contributed by atoms with Gasteiger partial charge in [-0.15, -0.1) is 0 Å². The SMILES string of the molecule is CC(C)(C[C@](C)(CC=O)c1cccc(Cl)c1F)S(N)=O. The van der Waals surface area contributed by atoms with E-state index in [0.717, 1.165) is 6.29 Å². The predicted molar refractivity (Wildman–Crippen MR) is 80.5 cm³/mol. The van der Waals surface area contributed by atoms with E-state index in [0.29, 0.717) is 12.0 Å². The topological polar surface area (TPSA) is 60.2 Å². The first-order chi connectivity index (χ1) is 9.14. The van der Waals surface area contributed by atoms with Crippen molar-refractivity contribution in [2.45, 2.75) is 43.8 Å². The lowest BCUT2D eigenvalue weighted by Crippen LogP contribution is -2.40. The fourth-order valence-corrected chi connectivity index (χ4v) is 3.08. The molecular formula is C14H19ClFNO2S. The first kappa shape index (κ1) is 17.3. The van der Waals surface area contributed by atoms with Gasteiger partial charge in [-0.3, -0.25) is 5.14 Å². The number of hydrogen-bond donors (Lipinski definition) is 1. The summed E-state index contributed by atoms with van der Waals surface area (Å²) in [6.45, 7) is 5.22. The maximum absolute atomic E-state index is 14.2. The quantitative estimate of drug-likeness (QED) is 0.819. The van der Waals surface area contributed by atoms with Crippen LogP contribution in [0.4, 0.5) is 4.39 Å². The van der Waals surface area contributed by atoms with Gasteiger partial charge in [0.2, 0.25) is 0 Å². The van der Waals surface area contributed by atoms with Crippen molar-refractivity contribution < 1.29 is 13.4 Å². The van der Waals surface area contributed by atoms with Gasteiger partial charge in [0.25, 0.3) is 0 Å². The molecule has 0 fully saturated rings. The summed E-state index contributed by atoms with van der Waals surface area (Å²) in [6.07, 6.45) is 1.14. The Morgan fingerprint density at radius 2 is 2.00 bits per heavy atom. The lowest BCUT2D eigenvalue weighted by atomic mass is 9.73. The molecule has 112 valence electrons. The van der Waals surface area contributed by atoms with Crippen molar-refractivity contribution >= 4 is 28.9 Å². The van der Waals surface area contributed by atoms with E-state index < -0.39 is 27.0 Å². The lowest BCUT2D eigenvalue weighted by Gasteiger charge is -2.35. The van der Waals surface area contributed by atoms with Gasteiger partial charge >= 0.3 is 0 Å². The number of carbonyl (C=O) groups is 1. The van der Waals surface area contributed by atoms with Crippen LogP contribution in [0.1, 0.15) is 39.2 Å². The summed E-state index contributed by atoms with van der Waals surface area (Å²) in [6, 6.07) is 4.68. The van der Waals surface area contributed by atoms with Crippen molar-refractivity contribution in [1.29, 1.82) is 0 Å². The Bertz CT molecular complexity index is 536. The molecule has 0 amide bonds. The van der Waals surface area contributed by atoms with Crippen LogP contribution in [-0.2, 0) is 21.2 Å². The van der Waals surface area contributed by atoms with Crippen molar-refractivity contribution in [3.63, 3.8) is 0 Å². The molecule has 0 spiro atoms. The molecule has 0 radical (unpaired) electrons. The van der Waals surface area contributed by atoms with Crippen molar-refractivity contribution in [2.75, 3.05) is 0 Å². The highest BCUT2D eigenvalue weighted by atomic mass is 35.5. The molecule has 1 rings (SSSR count). The molecule has 1 unspecified atom stereocenters. The second kappa shape index (κ2) is 6.33. The Labute approximate surface area is 126 Å². The average Bonchev–Trinajstić information content (AvgIpc) is 2.31. The van der Waals surface area contributed by atoms with E-state index >= 15 is 0 Å². The van der Waals surface area contributed by atoms with Crippen LogP contribution >= 0.6 is 11.6 Å². The maximum atomic E-state index is 14.2. The molecule has 0 saturated heterocycles. The summed E-state index contributed by atoms with van der Waals surface area (Å²) in [4.78, 5) is 11.0. The van der Waals surface area contributed by atoms with Crippen LogP contribution in [-0.4, -0.2) is 15.2 Å². The summed E-state index contributed by atoms with van der Waals surface area (Å²) < 4.78 is 25.1. The zero-order chi connectivity index (χ0) is 15.6. The minimum absolute atomic E-state index is 0.00583. The van der Waals surface area contributed by atoms with Crippen molar-refractivity contribution in [3.05, 3.63) is 34.6 Å². The normalized spacial score (nSPS) is 16.5. The molecule has 0 aliphatic carbocycles. The van der Waals surface area contributed by atoms with Gasteiger partial charge in [0.15, 0.2) is 0 Å². The Kier molecular flexibility index (Phi) is 5.46. The highest BCUT2D eigenvalue weighted by Gasteiger charge is 2.38. The molecule has 0 bridgehead atoms. The van der Waals surface area contributed by atoms with Gasteiger partial charge in [-0.1, -0.05) is 30.7 Å². The van der Waals surface area contributed by atoms with Crippen LogP contribution in [0.25, 0.3) is 0 Å². The highest BCUT2D eigenvalue weighted by molar-refractivity contribution is 7.84. The molecular weight excluding hydrogens is 301 g/mol. The molecule has 20 heavy (non-hydrogen) atoms. The Morgan fingerprint density at radius 1 is 1.40 bits per heavy atom. The fraction of sp³-hybridized carbons (Fsp3) is 0.500. The van der Waals surface area contributed by atoms with E-state index in [1.165, 1.54) is 6.07 Å². The molecule has 2 atom stereocenters. The van der Waals surface area contributed by atoms with E-state index in [1.54, 1.807) is 32.9 Å². The van der Waals surface area contributed by atoms with Crippen LogP contribution in [0.15, 0.2) is 18.2 Å². The second-order valence-electron chi connectivity index (χ2n) is 5.77. The molecule has 0 aromatic heterocycles. The smallest absolute Gasteiger partial charge is 0.145 e. The molecule has 6 heteroatoms. The summed E-state index contributed by atoms with van der Waals surface area (Å²) in [5.74, 6) is -0.544. The van der Waals surface area contributed by atoms with Gasteiger partial charge in [0, 0.05) is 11.8 Å². The predicted octanol–water partition coefficient (Wildman–Crippen LogP) is 3.12. The van der Waals surface area contributed by atoms with Crippen LogP contribution in [0.2, 0.25) is 5.02 Å². The second-order valence-corrected chi connectivity index (χ2v) is 7.87. The standard InChI is InChI=1S/C14H19ClFNO2S/c1-13(2,20(17)19)9-14(3,7-8-18)10-5-4-6-11(15)12(10)16/h4-6,8H,7,9,17H2,1-3H3/t14-,20?/m0/s1. The minimum Gasteiger partial charge on any atom is -0.303 e. The number of aldehydes is 1. The molecule has 1 aromatic carbocycles. The Balaban J connectivity index is 3.31. The first-order valence-electron chi connectivity index (χ1n) is 6.18. The molecule has 1 aromatic rings. The largest absolute Gasteiger partial charge is 0.303 e. The van der Waals surface area contributed by atoms with Gasteiger partial charge in [0.1, 0.15) is 12.1 Å². The molecule has 0 aliphatic rings. The van der Waals surface area contributed by atoms with E-state index in [-0.39, 0.29) is 11.4 Å². The summed E-state index contributed by atoms with van der Waals surface area (Å²) in [5, 5.41) is 5.49. The Morgan fingerprint density at radius 3 is 2.50 bits per heavy atom. The van der Waals surface area contributed by atoms with E-state index in [9.17, 15) is 13.4 Å². The van der Waals surface area contributed by atoms with E-state index in [4.69, 9.17) is 16.7 Å². The van der Waals surface area contributed by atoms with Gasteiger partial charge < -0.3 is 4.79 Å². The molecule has 0 saturated carbocycles. The van der Waals surface area contributed by atoms with Gasteiger partial charge in [-0.2, -0.15) is 0 Å². The first-order valence-corrected chi connectivity index (χ1v) is 7.77. The van der Waals surface area contributed by atoms with Gasteiger partial charge in [-0.05, 0) is 31.9 Å². The number of hydrogen-bond acceptors (Lipinski definition) is 2. The molecule has 3 nitrogen and oxygen atoms in total. The average molecular weight is 320 g/mol. The summed E-state index contributed by atoms with van der Waals surface area (Å²) in [7, 11) is -1.58. The monoisotopic (exact) mass is 319 g/mol. The van der Waals surface area contributed by atoms with E-state index in [1.807, 2.05) is 0 Å². The van der Waals surface area contributed by atoms with Crippen molar-refractivity contribution in [2.24, 2.45) is 5.14 Å². The van der Waals surface area contributed by atoms with Crippen molar-refractivity contribution in [1.82, 2.24) is 0 Å². The number of carbonyl (C=O) groups excluding carboxylic acids is 1. The van der Waals surface area contributed by atoms with Crippen LogP contribution in [0, 0.1) is 5.82 Å². The van der Waals surface area contributed by atoms with Crippen LogP contribution < -0.4 is 5.14 Å². The lowest BCUT2D eigenvalue weighted by molar-refractivity contribution is -0.108. The summed E-state index contributed by atoms with van der Waals surface area (Å²) >= 11 is 5.81. The van der Waals surface area contributed by atoms with Crippen LogP contribution in [0.3, 0.4) is 0 Å². The van der Waals surface area contributed by atoms with Crippen molar-refractivity contribution in [3.8, 4) is 0 Å². The molecule has 2 N–H and O–H groups in total. The third-order valence-corrected chi connectivity index (χ3v) is 5.02. The number of halogens is 2. The molecule has 0 heterocycles. The van der Waals surface area contributed by atoms with Gasteiger partial charge in [0.05, 0.1) is 20.8 Å². The Hall–Kier alpha value is -0.780. The van der Waals surface area contributed by atoms with E-state index in [2.05, 4.69) is 0 Å². The van der Waals surface area contributed by atoms with Crippen LogP contribution in [0.5, 0.6) is 0 Å². The maximum Gasteiger partial charge on any atom is 0.145 e. The zero-order valence-electron chi connectivity index (χ0n) is 11.8.